The van der Waals surface area contributed by atoms with Crippen LogP contribution in [0.4, 0.5) is 5.69 Å². The maximum absolute atomic E-state index is 12.5. The predicted molar refractivity (Wildman–Crippen MR) is 107 cm³/mol. The summed E-state index contributed by atoms with van der Waals surface area (Å²) in [6.45, 7) is 2.32. The molecule has 0 amide bonds. The molecule has 1 saturated carbocycles. The Balaban J connectivity index is 1.38. The maximum atomic E-state index is 12.5. The molecule has 6 heteroatoms. The summed E-state index contributed by atoms with van der Waals surface area (Å²) in [5, 5.41) is 12.3. The summed E-state index contributed by atoms with van der Waals surface area (Å²) in [6.07, 6.45) is 5.09. The lowest BCUT2D eigenvalue weighted by Crippen LogP contribution is -2.45. The van der Waals surface area contributed by atoms with Crippen LogP contribution in [0.25, 0.3) is 0 Å². The second-order valence-corrected chi connectivity index (χ2v) is 7.84. The molecule has 1 saturated heterocycles. The summed E-state index contributed by atoms with van der Waals surface area (Å²) in [5.74, 6) is 0.177. The largest absolute Gasteiger partial charge is 0.469 e. The number of ether oxygens (including phenoxy) is 1. The first-order valence-electron chi connectivity index (χ1n) is 10.2. The van der Waals surface area contributed by atoms with Gasteiger partial charge in [0.15, 0.2) is 0 Å². The van der Waals surface area contributed by atoms with E-state index in [0.29, 0.717) is 18.2 Å². The molecular weight excluding hydrogens is 354 g/mol. The van der Waals surface area contributed by atoms with E-state index in [4.69, 9.17) is 10.00 Å². The minimum absolute atomic E-state index is 0.0337. The number of Topliss-reactive ketones (excluding diaryl/α,β-unsaturated/α-hetero) is 1. The molecule has 1 aromatic rings. The Bertz CT molecular complexity index is 710. The van der Waals surface area contributed by atoms with E-state index < -0.39 is 0 Å². The van der Waals surface area contributed by atoms with Crippen LogP contribution in [0.2, 0.25) is 0 Å². The summed E-state index contributed by atoms with van der Waals surface area (Å²) >= 11 is 0. The second-order valence-electron chi connectivity index (χ2n) is 7.84. The number of nitriles is 1. The fraction of sp³-hybridized carbons (Fsp3) is 0.591. The van der Waals surface area contributed by atoms with Gasteiger partial charge < -0.3 is 15.0 Å². The van der Waals surface area contributed by atoms with Crippen LogP contribution in [0, 0.1) is 23.2 Å². The molecule has 0 spiro atoms. The highest BCUT2D eigenvalue weighted by atomic mass is 16.5. The molecule has 1 aliphatic heterocycles. The molecule has 0 atom stereocenters. The quantitative estimate of drug-likeness (QED) is 0.761. The third-order valence-corrected chi connectivity index (χ3v) is 6.14. The number of anilines is 1. The van der Waals surface area contributed by atoms with Crippen molar-refractivity contribution < 1.29 is 14.3 Å². The van der Waals surface area contributed by atoms with E-state index in [9.17, 15) is 9.59 Å². The fourth-order valence-electron chi connectivity index (χ4n) is 4.30. The van der Waals surface area contributed by atoms with Gasteiger partial charge in [0.25, 0.3) is 0 Å². The van der Waals surface area contributed by atoms with Crippen molar-refractivity contribution in [3.8, 4) is 6.07 Å². The van der Waals surface area contributed by atoms with Crippen molar-refractivity contribution in [2.75, 3.05) is 31.6 Å². The molecule has 2 fully saturated rings. The van der Waals surface area contributed by atoms with Gasteiger partial charge in [-0.3, -0.25) is 9.59 Å². The van der Waals surface area contributed by atoms with E-state index in [-0.39, 0.29) is 23.6 Å². The van der Waals surface area contributed by atoms with Gasteiger partial charge in [-0.25, -0.2) is 0 Å². The molecule has 1 aromatic carbocycles. The first-order chi connectivity index (χ1) is 13.6. The molecule has 28 heavy (non-hydrogen) atoms. The summed E-state index contributed by atoms with van der Waals surface area (Å²) in [7, 11) is 1.43. The molecule has 0 radical (unpaired) electrons. The Morgan fingerprint density at radius 2 is 1.68 bits per heavy atom. The van der Waals surface area contributed by atoms with Gasteiger partial charge >= 0.3 is 5.97 Å². The van der Waals surface area contributed by atoms with Crippen LogP contribution < -0.4 is 10.2 Å². The van der Waals surface area contributed by atoms with Gasteiger partial charge in [-0.05, 0) is 62.8 Å². The van der Waals surface area contributed by atoms with Crippen LogP contribution in [0.15, 0.2) is 24.3 Å². The lowest BCUT2D eigenvalue weighted by molar-refractivity contribution is -0.147. The SMILES string of the molecule is COC(=O)[C@H]1CC[C@H](C(=O)CNC2CCN(c3ccc(C#N)cc3)CC2)CC1. The van der Waals surface area contributed by atoms with Gasteiger partial charge in [0, 0.05) is 30.7 Å². The Labute approximate surface area is 166 Å². The average molecular weight is 383 g/mol. The number of hydrogen-bond acceptors (Lipinski definition) is 6. The summed E-state index contributed by atoms with van der Waals surface area (Å²) in [6, 6.07) is 10.2. The molecule has 0 unspecified atom stereocenters. The molecule has 1 N–H and O–H groups in total. The molecular formula is C22H29N3O3. The van der Waals surface area contributed by atoms with Crippen molar-refractivity contribution in [3.63, 3.8) is 0 Å². The third-order valence-electron chi connectivity index (χ3n) is 6.14. The van der Waals surface area contributed by atoms with E-state index in [1.807, 2.05) is 24.3 Å². The van der Waals surface area contributed by atoms with Gasteiger partial charge in [-0.1, -0.05) is 0 Å². The molecule has 6 nitrogen and oxygen atoms in total. The number of hydrogen-bond donors (Lipinski definition) is 1. The molecule has 1 heterocycles. The number of benzene rings is 1. The lowest BCUT2D eigenvalue weighted by Gasteiger charge is -2.34. The Kier molecular flexibility index (Phi) is 7.05. The maximum Gasteiger partial charge on any atom is 0.308 e. The lowest BCUT2D eigenvalue weighted by atomic mass is 9.80. The smallest absolute Gasteiger partial charge is 0.308 e. The zero-order valence-electron chi connectivity index (χ0n) is 16.5. The number of piperidine rings is 1. The van der Waals surface area contributed by atoms with Crippen molar-refractivity contribution in [2.24, 2.45) is 11.8 Å². The van der Waals surface area contributed by atoms with Crippen LogP contribution >= 0.6 is 0 Å². The number of nitrogens with zero attached hydrogens (tertiary/aromatic N) is 2. The van der Waals surface area contributed by atoms with Gasteiger partial charge in [-0.2, -0.15) is 5.26 Å². The number of carbonyl (C=O) groups excluding carboxylic acids is 2. The van der Waals surface area contributed by atoms with Crippen LogP contribution in [0.1, 0.15) is 44.1 Å². The highest BCUT2D eigenvalue weighted by molar-refractivity contribution is 5.83. The number of nitrogens with one attached hydrogen (secondary N) is 1. The van der Waals surface area contributed by atoms with Crippen LogP contribution in [-0.4, -0.2) is 44.5 Å². The molecule has 0 aromatic heterocycles. The Morgan fingerprint density at radius 1 is 1.07 bits per heavy atom. The molecule has 3 rings (SSSR count). The fourth-order valence-corrected chi connectivity index (χ4v) is 4.30. The number of methoxy groups -OCH3 is 1. The van der Waals surface area contributed by atoms with Gasteiger partial charge in [0.2, 0.25) is 0 Å². The second kappa shape index (κ2) is 9.70. The minimum atomic E-state index is -0.141. The molecule has 0 bridgehead atoms. The van der Waals surface area contributed by atoms with Crippen molar-refractivity contribution in [1.82, 2.24) is 5.32 Å². The zero-order valence-corrected chi connectivity index (χ0v) is 16.5. The molecule has 2 aliphatic rings. The normalized spacial score (nSPS) is 23.1. The van der Waals surface area contributed by atoms with Gasteiger partial charge in [0.1, 0.15) is 5.78 Å². The first-order valence-corrected chi connectivity index (χ1v) is 10.2. The first kappa shape index (κ1) is 20.3. The van der Waals surface area contributed by atoms with Crippen LogP contribution in [-0.2, 0) is 14.3 Å². The number of ketones is 1. The Morgan fingerprint density at radius 3 is 2.25 bits per heavy atom. The van der Waals surface area contributed by atoms with E-state index >= 15 is 0 Å². The number of rotatable bonds is 6. The topological polar surface area (TPSA) is 82.4 Å². The van der Waals surface area contributed by atoms with Crippen molar-refractivity contribution >= 4 is 17.4 Å². The van der Waals surface area contributed by atoms with E-state index in [0.717, 1.165) is 57.3 Å². The number of carbonyl (C=O) groups is 2. The van der Waals surface area contributed by atoms with Crippen LogP contribution in [0.5, 0.6) is 0 Å². The third kappa shape index (κ3) is 5.11. The van der Waals surface area contributed by atoms with Gasteiger partial charge in [-0.15, -0.1) is 0 Å². The van der Waals surface area contributed by atoms with Crippen LogP contribution in [0.3, 0.4) is 0 Å². The summed E-state index contributed by atoms with van der Waals surface area (Å²) < 4.78 is 4.81. The van der Waals surface area contributed by atoms with Gasteiger partial charge in [0.05, 0.1) is 31.2 Å². The minimum Gasteiger partial charge on any atom is -0.469 e. The van der Waals surface area contributed by atoms with E-state index in [2.05, 4.69) is 16.3 Å². The summed E-state index contributed by atoms with van der Waals surface area (Å²) in [4.78, 5) is 26.4. The van der Waals surface area contributed by atoms with Crippen molar-refractivity contribution in [2.45, 2.75) is 44.6 Å². The highest BCUT2D eigenvalue weighted by Gasteiger charge is 2.30. The summed E-state index contributed by atoms with van der Waals surface area (Å²) in [5.41, 5.74) is 1.83. The monoisotopic (exact) mass is 383 g/mol. The predicted octanol–water partition coefficient (Wildman–Crippen LogP) is 2.67. The molecule has 150 valence electrons. The standard InChI is InChI=1S/C22H29N3O3/c1-28-22(27)18-6-4-17(5-7-18)21(26)15-24-19-10-12-25(13-11-19)20-8-2-16(14-23)3-9-20/h2-3,8-9,17-19,24H,4-7,10-13,15H2,1H3/t17-,18-. The highest BCUT2D eigenvalue weighted by Crippen LogP contribution is 2.30. The van der Waals surface area contributed by atoms with E-state index in [1.54, 1.807) is 0 Å². The Hall–Kier alpha value is -2.39. The van der Waals surface area contributed by atoms with Crippen molar-refractivity contribution in [3.05, 3.63) is 29.8 Å². The van der Waals surface area contributed by atoms with Crippen molar-refractivity contribution in [1.29, 1.82) is 5.26 Å². The average Bonchev–Trinajstić information content (AvgIpc) is 2.77. The number of esters is 1. The van der Waals surface area contributed by atoms with E-state index in [1.165, 1.54) is 7.11 Å². The molecule has 1 aliphatic carbocycles. The zero-order chi connectivity index (χ0) is 19.9.